The van der Waals surface area contributed by atoms with Crippen molar-refractivity contribution in [2.45, 2.75) is 0 Å². The molecule has 4 heteroatoms. The molecule has 500 valence electrons. The van der Waals surface area contributed by atoms with Crippen LogP contribution in [-0.4, -0.2) is 0 Å². The van der Waals surface area contributed by atoms with Gasteiger partial charge in [0.2, 0.25) is 0 Å². The molecule has 0 aliphatic heterocycles. The third-order valence-corrected chi connectivity index (χ3v) is 22.8. The standard InChI is InChI=1S/2C52H30O2/c1-3-13-33-27-36(23-21-31(33)11-1)48-39-16-5-6-17-40(39)49(37-24-22-32-12-2-4-14-34(32)28-37)44-29-35(25-26-41(44)48)43-30-45-38-15-7-9-19-46(38)53-52(45)50-42-18-8-10-20-47(42)54-51(43)50;1-3-11-33-27-37(19-17-31(33)9-1)49-40-14-5-6-15-41(40)50(38-20-18-32-10-2-4-12-34(32)28-38)46-30-35(21-23-42(46)49)36-22-26-48-45(29-36)44-25-24-43-39-13-7-8-16-47(39)53-51(43)52(44)54-48/h2*1-30H. The Labute approximate surface area is 618 Å². The molecular weight excluding hydrogens is 1310 g/mol. The van der Waals surface area contributed by atoms with Crippen LogP contribution in [0.3, 0.4) is 0 Å². The van der Waals surface area contributed by atoms with E-state index in [2.05, 4.69) is 334 Å². The van der Waals surface area contributed by atoms with E-state index in [9.17, 15) is 0 Å². The van der Waals surface area contributed by atoms with Crippen LogP contribution in [0.5, 0.6) is 0 Å². The monoisotopic (exact) mass is 1370 g/mol. The number of fused-ring (bicyclic) bond motifs is 22. The zero-order chi connectivity index (χ0) is 70.7. The van der Waals surface area contributed by atoms with Gasteiger partial charge >= 0.3 is 0 Å². The van der Waals surface area contributed by atoms with Crippen molar-refractivity contribution >= 4 is 174 Å². The Hall–Kier alpha value is -14.3. The summed E-state index contributed by atoms with van der Waals surface area (Å²) in [5.41, 5.74) is 21.0. The van der Waals surface area contributed by atoms with Crippen LogP contribution in [0.1, 0.15) is 0 Å². The lowest BCUT2D eigenvalue weighted by molar-refractivity contribution is 0.633. The van der Waals surface area contributed by atoms with E-state index in [1.165, 1.54) is 131 Å². The molecule has 0 saturated heterocycles. The van der Waals surface area contributed by atoms with E-state index in [1.807, 2.05) is 30.3 Å². The molecule has 0 saturated carbocycles. The molecule has 4 nitrogen and oxygen atoms in total. The molecular formula is C104H60O4. The summed E-state index contributed by atoms with van der Waals surface area (Å²) in [5, 5.41) is 28.3. The Bertz CT molecular complexity index is 7950. The van der Waals surface area contributed by atoms with Crippen molar-refractivity contribution in [1.82, 2.24) is 0 Å². The van der Waals surface area contributed by atoms with Crippen LogP contribution in [0.2, 0.25) is 0 Å². The number of hydrogen-bond donors (Lipinski definition) is 0. The van der Waals surface area contributed by atoms with Gasteiger partial charge in [0.25, 0.3) is 0 Å². The van der Waals surface area contributed by atoms with Crippen molar-refractivity contribution < 1.29 is 17.7 Å². The normalized spacial score (nSPS) is 12.1. The number of para-hydroxylation sites is 3. The van der Waals surface area contributed by atoms with Gasteiger partial charge < -0.3 is 17.7 Å². The summed E-state index contributed by atoms with van der Waals surface area (Å²) in [5.74, 6) is 0. The second kappa shape index (κ2) is 23.6. The van der Waals surface area contributed by atoms with Crippen molar-refractivity contribution in [3.05, 3.63) is 364 Å². The number of furan rings is 4. The second-order valence-electron chi connectivity index (χ2n) is 28.8. The smallest absolute Gasteiger partial charge is 0.178 e. The van der Waals surface area contributed by atoms with Gasteiger partial charge in [0.05, 0.1) is 5.39 Å². The van der Waals surface area contributed by atoms with E-state index < -0.39 is 0 Å². The molecule has 0 radical (unpaired) electrons. The minimum absolute atomic E-state index is 0.791. The highest BCUT2D eigenvalue weighted by Crippen LogP contribution is 2.51. The Morgan fingerprint density at radius 2 is 0.426 bits per heavy atom. The molecule has 0 aliphatic rings. The molecule has 4 aromatic heterocycles. The van der Waals surface area contributed by atoms with E-state index in [4.69, 9.17) is 17.7 Å². The number of rotatable bonds is 6. The van der Waals surface area contributed by atoms with E-state index in [-0.39, 0.29) is 0 Å². The highest BCUT2D eigenvalue weighted by molar-refractivity contribution is 6.28. The van der Waals surface area contributed by atoms with Crippen LogP contribution >= 0.6 is 0 Å². The first-order chi connectivity index (χ1) is 53.5. The minimum atomic E-state index is 0.791. The van der Waals surface area contributed by atoms with Crippen LogP contribution < -0.4 is 0 Å². The first kappa shape index (κ1) is 60.1. The van der Waals surface area contributed by atoms with Gasteiger partial charge in [-0.05, 0) is 232 Å². The van der Waals surface area contributed by atoms with Crippen LogP contribution in [0.25, 0.3) is 241 Å². The summed E-state index contributed by atoms with van der Waals surface area (Å²) < 4.78 is 26.2. The molecule has 20 aromatic carbocycles. The van der Waals surface area contributed by atoms with Crippen molar-refractivity contribution in [2.24, 2.45) is 0 Å². The lowest BCUT2D eigenvalue weighted by Crippen LogP contribution is -1.92. The van der Waals surface area contributed by atoms with Gasteiger partial charge in [-0.1, -0.05) is 279 Å². The van der Waals surface area contributed by atoms with Crippen molar-refractivity contribution in [1.29, 1.82) is 0 Å². The Morgan fingerprint density at radius 1 is 0.139 bits per heavy atom. The molecule has 0 fully saturated rings. The highest BCUT2D eigenvalue weighted by atomic mass is 16.4. The number of benzene rings is 20. The third-order valence-electron chi connectivity index (χ3n) is 22.8. The molecule has 4 heterocycles. The zero-order valence-corrected chi connectivity index (χ0v) is 58.3. The number of hydrogen-bond acceptors (Lipinski definition) is 4. The SMILES string of the molecule is c1ccc2cc(-c3c4ccccc4c(-c4ccc5ccccc5c4)c4cc(-c5cc6c7ccccc7oc6c6c5oc5ccccc56)ccc34)ccc2c1.c1ccc2cc(-c3c4ccccc4c(-c4ccc5ccccc5c4)c4cc(-c5ccc6oc7c(ccc8c9ccccc9oc87)c6c5)ccc34)ccc2c1. The van der Waals surface area contributed by atoms with Crippen molar-refractivity contribution in [2.75, 3.05) is 0 Å². The van der Waals surface area contributed by atoms with Gasteiger partial charge in [0.1, 0.15) is 33.5 Å². The fourth-order valence-corrected chi connectivity index (χ4v) is 17.8. The minimum Gasteiger partial charge on any atom is -0.455 e. The molecule has 0 spiro atoms. The molecule has 0 N–H and O–H groups in total. The van der Waals surface area contributed by atoms with E-state index >= 15 is 0 Å². The highest BCUT2D eigenvalue weighted by Gasteiger charge is 2.25. The van der Waals surface area contributed by atoms with Crippen LogP contribution in [0.4, 0.5) is 0 Å². The fourth-order valence-electron chi connectivity index (χ4n) is 17.8. The maximum atomic E-state index is 6.76. The summed E-state index contributed by atoms with van der Waals surface area (Å²) >= 11 is 0. The Kier molecular flexibility index (Phi) is 13.1. The quantitative estimate of drug-likeness (QED) is 0.156. The summed E-state index contributed by atoms with van der Waals surface area (Å²) in [6.45, 7) is 0. The molecule has 108 heavy (non-hydrogen) atoms. The predicted octanol–water partition coefficient (Wildman–Crippen LogP) is 30.2. The van der Waals surface area contributed by atoms with E-state index in [0.29, 0.717) is 0 Å². The van der Waals surface area contributed by atoms with Crippen LogP contribution in [-0.2, 0) is 0 Å². The average molecular weight is 1370 g/mol. The Morgan fingerprint density at radius 3 is 0.889 bits per heavy atom. The molecule has 0 bridgehead atoms. The lowest BCUT2D eigenvalue weighted by Gasteiger charge is -2.19. The molecule has 0 unspecified atom stereocenters. The van der Waals surface area contributed by atoms with Gasteiger partial charge in [-0.25, -0.2) is 0 Å². The first-order valence-corrected chi connectivity index (χ1v) is 37.0. The van der Waals surface area contributed by atoms with Gasteiger partial charge in [0.15, 0.2) is 11.2 Å². The van der Waals surface area contributed by atoms with Gasteiger partial charge in [-0.3, -0.25) is 0 Å². The predicted molar refractivity (Wildman–Crippen MR) is 455 cm³/mol. The molecule has 24 rings (SSSR count). The summed E-state index contributed by atoms with van der Waals surface area (Å²) in [4.78, 5) is 0. The van der Waals surface area contributed by atoms with Gasteiger partial charge in [-0.2, -0.15) is 0 Å². The summed E-state index contributed by atoms with van der Waals surface area (Å²) in [6, 6.07) is 132. The largest absolute Gasteiger partial charge is 0.455 e. The molecule has 0 aliphatic carbocycles. The van der Waals surface area contributed by atoms with Crippen molar-refractivity contribution in [3.8, 4) is 66.8 Å². The maximum absolute atomic E-state index is 6.76. The molecule has 24 aromatic rings. The van der Waals surface area contributed by atoms with Crippen LogP contribution in [0.15, 0.2) is 382 Å². The third kappa shape index (κ3) is 9.30. The van der Waals surface area contributed by atoms with Gasteiger partial charge in [-0.15, -0.1) is 0 Å². The average Bonchev–Trinajstić information content (AvgIpc) is 1.20. The van der Waals surface area contributed by atoms with Gasteiger partial charge in [0, 0.05) is 43.3 Å². The van der Waals surface area contributed by atoms with Crippen molar-refractivity contribution in [3.63, 3.8) is 0 Å². The van der Waals surface area contributed by atoms with E-state index in [1.54, 1.807) is 0 Å². The molecule has 0 amide bonds. The Balaban J connectivity index is 0.000000130. The topological polar surface area (TPSA) is 52.6 Å². The maximum Gasteiger partial charge on any atom is 0.178 e. The summed E-state index contributed by atoms with van der Waals surface area (Å²) in [6.07, 6.45) is 0. The fraction of sp³-hybridized carbons (Fsp3) is 0. The van der Waals surface area contributed by atoms with E-state index in [0.717, 1.165) is 110 Å². The lowest BCUT2D eigenvalue weighted by atomic mass is 9.84. The zero-order valence-electron chi connectivity index (χ0n) is 58.3. The first-order valence-electron chi connectivity index (χ1n) is 37.0. The second-order valence-corrected chi connectivity index (χ2v) is 28.8. The summed E-state index contributed by atoms with van der Waals surface area (Å²) in [7, 11) is 0. The van der Waals surface area contributed by atoms with Crippen LogP contribution in [0, 0.1) is 0 Å². The molecule has 0 atom stereocenters.